The number of ether oxygens (including phenoxy) is 1. The Kier molecular flexibility index (Phi) is 3.11. The minimum atomic E-state index is -1.10. The molecule has 2 aromatic rings. The van der Waals surface area contributed by atoms with Crippen LogP contribution in [0.3, 0.4) is 0 Å². The molecule has 90 valence electrons. The molecule has 0 aliphatic carbocycles. The van der Waals surface area contributed by atoms with E-state index in [0.717, 1.165) is 6.07 Å². The molecule has 18 heavy (non-hydrogen) atoms. The van der Waals surface area contributed by atoms with Gasteiger partial charge in [-0.3, -0.25) is 0 Å². The molecule has 0 saturated heterocycles. The second-order valence-electron chi connectivity index (χ2n) is 3.52. The third-order valence-electron chi connectivity index (χ3n) is 2.26. The molecular weight excluding hydrogens is 238 g/mol. The van der Waals surface area contributed by atoms with Crippen molar-refractivity contribution in [3.05, 3.63) is 53.6 Å². The molecule has 0 fully saturated rings. The van der Waals surface area contributed by atoms with Crippen LogP contribution in [-0.2, 0) is 0 Å². The summed E-state index contributed by atoms with van der Waals surface area (Å²) in [5.74, 6) is -2.27. The summed E-state index contributed by atoms with van der Waals surface area (Å²) in [5, 5.41) is 8.89. The van der Waals surface area contributed by atoms with E-state index in [-0.39, 0.29) is 17.1 Å². The van der Waals surface area contributed by atoms with Crippen molar-refractivity contribution in [2.45, 2.75) is 0 Å². The minimum Gasteiger partial charge on any atom is -0.453 e. The lowest BCUT2D eigenvalue weighted by Crippen LogP contribution is -1.94. The van der Waals surface area contributed by atoms with Gasteiger partial charge in [-0.1, -0.05) is 6.07 Å². The van der Waals surface area contributed by atoms with Crippen molar-refractivity contribution in [2.75, 3.05) is 5.73 Å². The largest absolute Gasteiger partial charge is 0.453 e. The Morgan fingerprint density at radius 2 is 1.89 bits per heavy atom. The molecule has 0 bridgehead atoms. The fourth-order valence-corrected chi connectivity index (χ4v) is 1.41. The molecule has 0 aliphatic rings. The summed E-state index contributed by atoms with van der Waals surface area (Å²) in [6.45, 7) is 0. The van der Waals surface area contributed by atoms with Gasteiger partial charge >= 0.3 is 0 Å². The summed E-state index contributed by atoms with van der Waals surface area (Å²) >= 11 is 0. The van der Waals surface area contributed by atoms with Crippen molar-refractivity contribution in [1.82, 2.24) is 0 Å². The van der Waals surface area contributed by atoms with E-state index in [4.69, 9.17) is 15.7 Å². The van der Waals surface area contributed by atoms with Crippen molar-refractivity contribution < 1.29 is 13.5 Å². The first-order valence-corrected chi connectivity index (χ1v) is 5.03. The number of nitrogens with zero attached hydrogens (tertiary/aromatic N) is 1. The van der Waals surface area contributed by atoms with Crippen LogP contribution in [0.2, 0.25) is 0 Å². The first-order chi connectivity index (χ1) is 8.61. The highest BCUT2D eigenvalue weighted by Gasteiger charge is 2.12. The molecule has 0 aromatic heterocycles. The normalized spacial score (nSPS) is 9.83. The van der Waals surface area contributed by atoms with Gasteiger partial charge in [0.2, 0.25) is 5.82 Å². The number of benzene rings is 2. The number of nitrogens with two attached hydrogens (primary N) is 1. The number of nitrogen functional groups attached to an aromatic ring is 1. The molecule has 0 atom stereocenters. The smallest absolute Gasteiger partial charge is 0.201 e. The molecule has 5 heteroatoms. The SMILES string of the molecule is N#Cc1cc(N)ccc1Oc1cccc(F)c1F. The van der Waals surface area contributed by atoms with Gasteiger partial charge in [0.1, 0.15) is 11.8 Å². The van der Waals surface area contributed by atoms with E-state index in [0.29, 0.717) is 5.69 Å². The van der Waals surface area contributed by atoms with E-state index in [1.807, 2.05) is 6.07 Å². The van der Waals surface area contributed by atoms with Crippen LogP contribution < -0.4 is 10.5 Å². The average Bonchev–Trinajstić information content (AvgIpc) is 2.37. The first-order valence-electron chi connectivity index (χ1n) is 5.03. The Labute approximate surface area is 102 Å². The highest BCUT2D eigenvalue weighted by molar-refractivity contribution is 5.54. The Balaban J connectivity index is 2.41. The molecule has 2 rings (SSSR count). The van der Waals surface area contributed by atoms with Gasteiger partial charge in [0, 0.05) is 5.69 Å². The fourth-order valence-electron chi connectivity index (χ4n) is 1.41. The molecule has 0 heterocycles. The van der Waals surface area contributed by atoms with Crippen molar-refractivity contribution in [3.63, 3.8) is 0 Å². The molecule has 0 saturated carbocycles. The van der Waals surface area contributed by atoms with Crippen LogP contribution in [0.1, 0.15) is 5.56 Å². The molecule has 0 amide bonds. The average molecular weight is 246 g/mol. The summed E-state index contributed by atoms with van der Waals surface area (Å²) in [7, 11) is 0. The zero-order valence-electron chi connectivity index (χ0n) is 9.15. The van der Waals surface area contributed by atoms with Gasteiger partial charge in [0.15, 0.2) is 11.6 Å². The van der Waals surface area contributed by atoms with Crippen LogP contribution in [0.4, 0.5) is 14.5 Å². The topological polar surface area (TPSA) is 59.0 Å². The summed E-state index contributed by atoms with van der Waals surface area (Å²) in [6, 6.07) is 9.77. The number of halogens is 2. The third-order valence-corrected chi connectivity index (χ3v) is 2.26. The number of rotatable bonds is 2. The first kappa shape index (κ1) is 11.9. The van der Waals surface area contributed by atoms with Crippen LogP contribution in [0.25, 0.3) is 0 Å². The van der Waals surface area contributed by atoms with Crippen molar-refractivity contribution in [3.8, 4) is 17.6 Å². The van der Waals surface area contributed by atoms with Crippen LogP contribution in [-0.4, -0.2) is 0 Å². The molecule has 3 nitrogen and oxygen atoms in total. The van der Waals surface area contributed by atoms with Gasteiger partial charge in [0.25, 0.3) is 0 Å². The molecule has 0 radical (unpaired) electrons. The van der Waals surface area contributed by atoms with Gasteiger partial charge < -0.3 is 10.5 Å². The third kappa shape index (κ3) is 2.23. The van der Waals surface area contributed by atoms with Crippen LogP contribution in [0, 0.1) is 23.0 Å². The van der Waals surface area contributed by atoms with E-state index in [1.54, 1.807) is 0 Å². The molecule has 0 unspecified atom stereocenters. The summed E-state index contributed by atoms with van der Waals surface area (Å²) in [6.07, 6.45) is 0. The second-order valence-corrected chi connectivity index (χ2v) is 3.52. The van der Waals surface area contributed by atoms with E-state index in [9.17, 15) is 8.78 Å². The maximum absolute atomic E-state index is 13.4. The zero-order valence-corrected chi connectivity index (χ0v) is 9.15. The molecule has 0 spiro atoms. The van der Waals surface area contributed by atoms with Crippen molar-refractivity contribution in [1.29, 1.82) is 5.26 Å². The van der Waals surface area contributed by atoms with Gasteiger partial charge in [-0.25, -0.2) is 4.39 Å². The van der Waals surface area contributed by atoms with Gasteiger partial charge in [-0.15, -0.1) is 0 Å². The second kappa shape index (κ2) is 4.72. The molecule has 0 aliphatic heterocycles. The predicted molar refractivity (Wildman–Crippen MR) is 62.0 cm³/mol. The quantitative estimate of drug-likeness (QED) is 0.827. The summed E-state index contributed by atoms with van der Waals surface area (Å²) in [5.41, 5.74) is 6.05. The fraction of sp³-hybridized carbons (Fsp3) is 0. The lowest BCUT2D eigenvalue weighted by molar-refractivity contribution is 0.415. The van der Waals surface area contributed by atoms with Gasteiger partial charge in [0.05, 0.1) is 5.56 Å². The summed E-state index contributed by atoms with van der Waals surface area (Å²) in [4.78, 5) is 0. The standard InChI is InChI=1S/C13H8F2N2O/c14-10-2-1-3-12(13(10)15)18-11-5-4-9(17)6-8(11)7-16/h1-6H,17H2. The lowest BCUT2D eigenvalue weighted by Gasteiger charge is -2.08. The van der Waals surface area contributed by atoms with E-state index >= 15 is 0 Å². The monoisotopic (exact) mass is 246 g/mol. The predicted octanol–water partition coefficient (Wildman–Crippen LogP) is 3.21. The Hall–Kier alpha value is -2.61. The highest BCUT2D eigenvalue weighted by Crippen LogP contribution is 2.29. The lowest BCUT2D eigenvalue weighted by atomic mass is 10.2. The zero-order chi connectivity index (χ0) is 13.1. The maximum Gasteiger partial charge on any atom is 0.201 e. The Bertz CT molecular complexity index is 635. The van der Waals surface area contributed by atoms with Gasteiger partial charge in [-0.2, -0.15) is 9.65 Å². The Morgan fingerprint density at radius 1 is 1.11 bits per heavy atom. The van der Waals surface area contributed by atoms with Crippen molar-refractivity contribution in [2.24, 2.45) is 0 Å². The number of hydrogen-bond donors (Lipinski definition) is 1. The number of anilines is 1. The van der Waals surface area contributed by atoms with E-state index in [1.165, 1.54) is 30.3 Å². The maximum atomic E-state index is 13.4. The Morgan fingerprint density at radius 3 is 2.61 bits per heavy atom. The molecule has 2 N–H and O–H groups in total. The van der Waals surface area contributed by atoms with E-state index < -0.39 is 11.6 Å². The van der Waals surface area contributed by atoms with Crippen molar-refractivity contribution >= 4 is 5.69 Å². The minimum absolute atomic E-state index is 0.121. The van der Waals surface area contributed by atoms with Crippen LogP contribution in [0.5, 0.6) is 11.5 Å². The number of nitriles is 1. The van der Waals surface area contributed by atoms with Crippen LogP contribution >= 0.6 is 0 Å². The number of hydrogen-bond acceptors (Lipinski definition) is 3. The van der Waals surface area contributed by atoms with E-state index in [2.05, 4.69) is 0 Å². The molecular formula is C13H8F2N2O. The highest BCUT2D eigenvalue weighted by atomic mass is 19.2. The van der Waals surface area contributed by atoms with Crippen LogP contribution in [0.15, 0.2) is 36.4 Å². The van der Waals surface area contributed by atoms with Gasteiger partial charge in [-0.05, 0) is 30.3 Å². The summed E-state index contributed by atoms with van der Waals surface area (Å²) < 4.78 is 31.6. The molecule has 2 aromatic carbocycles.